The molecule has 1 rings (SSSR count). The van der Waals surface area contributed by atoms with Gasteiger partial charge in [0.15, 0.2) is 0 Å². The molecule has 0 aliphatic rings. The number of hydrogen-bond acceptors (Lipinski definition) is 5. The molecule has 124 valence electrons. The third-order valence-corrected chi connectivity index (χ3v) is 3.20. The minimum Gasteiger partial charge on any atom is -0.475 e. The molecule has 22 heavy (non-hydrogen) atoms. The minimum atomic E-state index is -0.822. The van der Waals surface area contributed by atoms with Gasteiger partial charge >= 0.3 is 0 Å². The Labute approximate surface area is 132 Å². The summed E-state index contributed by atoms with van der Waals surface area (Å²) in [6, 6.07) is 3.47. The molecule has 1 unspecified atom stereocenters. The van der Waals surface area contributed by atoms with Crippen molar-refractivity contribution >= 4 is 11.6 Å². The molecule has 1 N–H and O–H groups in total. The van der Waals surface area contributed by atoms with Gasteiger partial charge < -0.3 is 19.5 Å². The van der Waals surface area contributed by atoms with Gasteiger partial charge in [-0.1, -0.05) is 13.3 Å². The van der Waals surface area contributed by atoms with Crippen LogP contribution in [0.3, 0.4) is 0 Å². The van der Waals surface area contributed by atoms with Crippen molar-refractivity contribution in [2.45, 2.75) is 39.2 Å². The number of carbonyl (C=O) groups excluding carboxylic acids is 1. The summed E-state index contributed by atoms with van der Waals surface area (Å²) < 4.78 is 15.9. The first-order chi connectivity index (χ1) is 10.6. The molecule has 1 heterocycles. The second kappa shape index (κ2) is 9.38. The molecule has 1 atom stereocenters. The molecule has 0 saturated carbocycles. The Kier molecular flexibility index (Phi) is 7.84. The van der Waals surface area contributed by atoms with E-state index in [1.54, 1.807) is 25.4 Å². The van der Waals surface area contributed by atoms with E-state index in [0.717, 1.165) is 6.42 Å². The topological polar surface area (TPSA) is 69.7 Å². The molecule has 0 aliphatic carbocycles. The number of amides is 1. The first-order valence-corrected chi connectivity index (χ1v) is 7.59. The van der Waals surface area contributed by atoms with Gasteiger partial charge in [0, 0.05) is 19.8 Å². The first-order valence-electron chi connectivity index (χ1n) is 7.59. The Morgan fingerprint density at radius 2 is 2.09 bits per heavy atom. The summed E-state index contributed by atoms with van der Waals surface area (Å²) in [6.45, 7) is 7.16. The fourth-order valence-electron chi connectivity index (χ4n) is 2.08. The Bertz CT molecular complexity index is 442. The molecule has 0 aromatic carbocycles. The lowest BCUT2D eigenvalue weighted by atomic mass is 9.99. The van der Waals surface area contributed by atoms with Crippen molar-refractivity contribution in [1.82, 2.24) is 4.98 Å². The van der Waals surface area contributed by atoms with E-state index in [1.165, 1.54) is 0 Å². The Morgan fingerprint density at radius 3 is 2.64 bits per heavy atom. The Hall–Kier alpha value is -1.66. The number of aromatic nitrogens is 1. The largest absolute Gasteiger partial charge is 0.475 e. The number of anilines is 1. The fraction of sp³-hybridized carbons (Fsp3) is 0.625. The van der Waals surface area contributed by atoms with E-state index in [1.807, 2.05) is 20.8 Å². The molecule has 0 aliphatic heterocycles. The highest BCUT2D eigenvalue weighted by Crippen LogP contribution is 2.21. The maximum absolute atomic E-state index is 12.4. The van der Waals surface area contributed by atoms with Crippen molar-refractivity contribution in [2.24, 2.45) is 0 Å². The van der Waals surface area contributed by atoms with E-state index in [0.29, 0.717) is 37.8 Å². The number of ether oxygens (including phenoxy) is 3. The molecule has 0 fully saturated rings. The van der Waals surface area contributed by atoms with E-state index in [4.69, 9.17) is 14.2 Å². The smallest absolute Gasteiger partial charge is 0.256 e. The van der Waals surface area contributed by atoms with Gasteiger partial charge in [0.1, 0.15) is 12.2 Å². The highest BCUT2D eigenvalue weighted by Gasteiger charge is 2.32. The van der Waals surface area contributed by atoms with Crippen LogP contribution in [0.1, 0.15) is 33.6 Å². The second-order valence-electron chi connectivity index (χ2n) is 5.09. The van der Waals surface area contributed by atoms with E-state index < -0.39 is 5.60 Å². The van der Waals surface area contributed by atoms with Crippen molar-refractivity contribution < 1.29 is 19.0 Å². The molecule has 1 aromatic heterocycles. The molecule has 0 bridgehead atoms. The molecule has 0 spiro atoms. The van der Waals surface area contributed by atoms with E-state index in [-0.39, 0.29) is 5.91 Å². The summed E-state index contributed by atoms with van der Waals surface area (Å²) in [5.74, 6) is 0.335. The van der Waals surface area contributed by atoms with Crippen LogP contribution < -0.4 is 10.1 Å². The quantitative estimate of drug-likeness (QED) is 0.673. The van der Waals surface area contributed by atoms with Crippen molar-refractivity contribution in [2.75, 3.05) is 32.2 Å². The predicted molar refractivity (Wildman–Crippen MR) is 85.2 cm³/mol. The number of hydrogen-bond donors (Lipinski definition) is 1. The van der Waals surface area contributed by atoms with Gasteiger partial charge in [0.25, 0.3) is 5.91 Å². The molecular weight excluding hydrogens is 284 g/mol. The third kappa shape index (κ3) is 5.61. The maximum atomic E-state index is 12.4. The zero-order valence-corrected chi connectivity index (χ0v) is 13.8. The van der Waals surface area contributed by atoms with Gasteiger partial charge in [0.05, 0.1) is 18.5 Å². The SMILES string of the molecule is CCCC(C)(OCC)C(=O)Nc1ccc(OCCOC)nc1. The Balaban J connectivity index is 2.63. The highest BCUT2D eigenvalue weighted by atomic mass is 16.5. The monoisotopic (exact) mass is 310 g/mol. The fourth-order valence-corrected chi connectivity index (χ4v) is 2.08. The van der Waals surface area contributed by atoms with Crippen LogP contribution in [-0.4, -0.2) is 43.4 Å². The average molecular weight is 310 g/mol. The highest BCUT2D eigenvalue weighted by molar-refractivity contribution is 5.96. The van der Waals surface area contributed by atoms with Crippen molar-refractivity contribution in [3.63, 3.8) is 0 Å². The summed E-state index contributed by atoms with van der Waals surface area (Å²) in [7, 11) is 1.61. The van der Waals surface area contributed by atoms with Crippen LogP contribution in [0.5, 0.6) is 5.88 Å². The molecule has 1 amide bonds. The summed E-state index contributed by atoms with van der Waals surface area (Å²) in [6.07, 6.45) is 3.10. The number of methoxy groups -OCH3 is 1. The standard InChI is InChI=1S/C16H26N2O4/c1-5-9-16(3,22-6-2)15(19)18-13-7-8-14(17-12-13)21-11-10-20-4/h7-8,12H,5-6,9-11H2,1-4H3,(H,18,19). The van der Waals surface area contributed by atoms with E-state index in [2.05, 4.69) is 10.3 Å². The van der Waals surface area contributed by atoms with Crippen LogP contribution in [0.15, 0.2) is 18.3 Å². The summed E-state index contributed by atoms with van der Waals surface area (Å²) in [5.41, 5.74) is -0.206. The lowest BCUT2D eigenvalue weighted by Crippen LogP contribution is -2.42. The van der Waals surface area contributed by atoms with Crippen LogP contribution in [0.25, 0.3) is 0 Å². The van der Waals surface area contributed by atoms with Gasteiger partial charge in [0.2, 0.25) is 5.88 Å². The van der Waals surface area contributed by atoms with Gasteiger partial charge in [-0.2, -0.15) is 0 Å². The summed E-state index contributed by atoms with van der Waals surface area (Å²) in [5, 5.41) is 2.84. The van der Waals surface area contributed by atoms with Gasteiger partial charge in [-0.15, -0.1) is 0 Å². The normalized spacial score (nSPS) is 13.5. The van der Waals surface area contributed by atoms with Gasteiger partial charge in [-0.25, -0.2) is 4.98 Å². The van der Waals surface area contributed by atoms with Crippen LogP contribution in [0.2, 0.25) is 0 Å². The number of carbonyl (C=O) groups is 1. The number of nitrogens with one attached hydrogen (secondary N) is 1. The molecule has 0 saturated heterocycles. The molecular formula is C16H26N2O4. The van der Waals surface area contributed by atoms with Crippen molar-refractivity contribution in [3.05, 3.63) is 18.3 Å². The van der Waals surface area contributed by atoms with Gasteiger partial charge in [-0.05, 0) is 26.3 Å². The van der Waals surface area contributed by atoms with Crippen LogP contribution >= 0.6 is 0 Å². The second-order valence-corrected chi connectivity index (χ2v) is 5.09. The van der Waals surface area contributed by atoms with Gasteiger partial charge in [-0.3, -0.25) is 4.79 Å². The zero-order valence-electron chi connectivity index (χ0n) is 13.8. The third-order valence-electron chi connectivity index (χ3n) is 3.20. The van der Waals surface area contributed by atoms with Crippen molar-refractivity contribution in [3.8, 4) is 5.88 Å². The lowest BCUT2D eigenvalue weighted by molar-refractivity contribution is -0.139. The van der Waals surface area contributed by atoms with Crippen LogP contribution in [0, 0.1) is 0 Å². The molecule has 6 heteroatoms. The van der Waals surface area contributed by atoms with E-state index in [9.17, 15) is 4.79 Å². The Morgan fingerprint density at radius 1 is 1.32 bits per heavy atom. The van der Waals surface area contributed by atoms with Crippen molar-refractivity contribution in [1.29, 1.82) is 0 Å². The minimum absolute atomic E-state index is 0.161. The number of pyridine rings is 1. The number of nitrogens with zero attached hydrogens (tertiary/aromatic N) is 1. The molecule has 1 aromatic rings. The average Bonchev–Trinajstić information content (AvgIpc) is 2.50. The summed E-state index contributed by atoms with van der Waals surface area (Å²) in [4.78, 5) is 16.5. The van der Waals surface area contributed by atoms with Crippen LogP contribution in [-0.2, 0) is 14.3 Å². The first kappa shape index (κ1) is 18.4. The number of rotatable bonds is 10. The van der Waals surface area contributed by atoms with Crippen LogP contribution in [0.4, 0.5) is 5.69 Å². The predicted octanol–water partition coefficient (Wildman–Crippen LogP) is 2.64. The van der Waals surface area contributed by atoms with E-state index >= 15 is 0 Å². The zero-order chi connectivity index (χ0) is 16.4. The molecule has 0 radical (unpaired) electrons. The summed E-state index contributed by atoms with van der Waals surface area (Å²) >= 11 is 0. The lowest BCUT2D eigenvalue weighted by Gasteiger charge is -2.27. The molecule has 6 nitrogen and oxygen atoms in total. The maximum Gasteiger partial charge on any atom is 0.256 e.